The summed E-state index contributed by atoms with van der Waals surface area (Å²) in [4.78, 5) is 2.73. The van der Waals surface area contributed by atoms with E-state index in [0.29, 0.717) is 5.54 Å². The highest BCUT2D eigenvalue weighted by atomic mass is 32.2. The molecule has 0 radical (unpaired) electrons. The van der Waals surface area contributed by atoms with Gasteiger partial charge in [-0.05, 0) is 57.2 Å². The maximum absolute atomic E-state index is 6.13. The molecule has 4 heteroatoms. The molecule has 2 fully saturated rings. The quantitative estimate of drug-likeness (QED) is 0.856. The highest BCUT2D eigenvalue weighted by Gasteiger charge is 2.37. The first-order chi connectivity index (χ1) is 8.30. The van der Waals surface area contributed by atoms with Gasteiger partial charge in [0, 0.05) is 23.1 Å². The Bertz CT molecular complexity index is 229. The number of thioether (sulfide) groups is 2. The second-order valence-corrected chi connectivity index (χ2v) is 7.60. The molecule has 2 saturated heterocycles. The third-order valence-electron chi connectivity index (χ3n) is 4.36. The van der Waals surface area contributed by atoms with Crippen molar-refractivity contribution in [1.82, 2.24) is 4.90 Å². The molecule has 2 atom stereocenters. The fourth-order valence-electron chi connectivity index (χ4n) is 3.15. The summed E-state index contributed by atoms with van der Waals surface area (Å²) in [6.45, 7) is 3.39. The molecule has 0 aromatic rings. The van der Waals surface area contributed by atoms with E-state index in [0.717, 1.165) is 11.8 Å². The molecule has 2 rings (SSSR count). The smallest absolute Gasteiger partial charge is 0.0422 e. The van der Waals surface area contributed by atoms with Crippen LogP contribution in [0.25, 0.3) is 0 Å². The molecule has 0 amide bonds. The number of nitrogens with two attached hydrogens (primary N) is 1. The Morgan fingerprint density at radius 3 is 2.88 bits per heavy atom. The summed E-state index contributed by atoms with van der Waals surface area (Å²) in [7, 11) is 0. The maximum atomic E-state index is 6.13. The molecule has 2 nitrogen and oxygen atoms in total. The van der Waals surface area contributed by atoms with E-state index >= 15 is 0 Å². The van der Waals surface area contributed by atoms with Crippen molar-refractivity contribution in [3.8, 4) is 0 Å². The molecular formula is C13H26N2S2. The Balaban J connectivity index is 1.98. The largest absolute Gasteiger partial charge is 0.329 e. The lowest BCUT2D eigenvalue weighted by Gasteiger charge is -2.45. The Kier molecular flexibility index (Phi) is 5.52. The number of nitrogens with zero attached hydrogens (tertiary/aromatic N) is 1. The van der Waals surface area contributed by atoms with Crippen molar-refractivity contribution in [1.29, 1.82) is 0 Å². The van der Waals surface area contributed by atoms with Crippen molar-refractivity contribution < 1.29 is 0 Å². The molecule has 0 spiro atoms. The highest BCUT2D eigenvalue weighted by molar-refractivity contribution is 7.99. The molecule has 2 aliphatic rings. The van der Waals surface area contributed by atoms with E-state index in [-0.39, 0.29) is 0 Å². The van der Waals surface area contributed by atoms with Crippen LogP contribution in [-0.4, -0.2) is 53.1 Å². The van der Waals surface area contributed by atoms with Gasteiger partial charge < -0.3 is 5.73 Å². The van der Waals surface area contributed by atoms with Crippen LogP contribution in [0.15, 0.2) is 0 Å². The zero-order valence-corrected chi connectivity index (χ0v) is 12.6. The van der Waals surface area contributed by atoms with E-state index in [4.69, 9.17) is 5.73 Å². The van der Waals surface area contributed by atoms with Crippen LogP contribution in [0.2, 0.25) is 0 Å². The van der Waals surface area contributed by atoms with Gasteiger partial charge in [0.15, 0.2) is 0 Å². The van der Waals surface area contributed by atoms with Crippen LogP contribution in [0.1, 0.15) is 32.1 Å². The summed E-state index contributed by atoms with van der Waals surface area (Å²) in [5.74, 6) is 2.59. The van der Waals surface area contributed by atoms with Gasteiger partial charge in [-0.2, -0.15) is 23.5 Å². The predicted octanol–water partition coefficient (Wildman–Crippen LogP) is 2.43. The first-order valence-corrected chi connectivity index (χ1v) is 9.31. The second-order valence-electron chi connectivity index (χ2n) is 5.36. The van der Waals surface area contributed by atoms with Crippen molar-refractivity contribution in [3.05, 3.63) is 0 Å². The Labute approximate surface area is 114 Å². The normalized spacial score (nSPS) is 36.7. The van der Waals surface area contributed by atoms with Crippen molar-refractivity contribution in [2.24, 2.45) is 5.73 Å². The lowest BCUT2D eigenvalue weighted by Crippen LogP contribution is -2.57. The molecule has 0 aliphatic carbocycles. The van der Waals surface area contributed by atoms with Crippen molar-refractivity contribution in [2.45, 2.75) is 42.9 Å². The van der Waals surface area contributed by atoms with Crippen LogP contribution in [-0.2, 0) is 0 Å². The van der Waals surface area contributed by atoms with Crippen molar-refractivity contribution in [2.75, 3.05) is 37.4 Å². The van der Waals surface area contributed by atoms with Gasteiger partial charge in [-0.1, -0.05) is 0 Å². The minimum absolute atomic E-state index is 0.330. The van der Waals surface area contributed by atoms with Crippen LogP contribution in [0.5, 0.6) is 0 Å². The van der Waals surface area contributed by atoms with Gasteiger partial charge in [-0.25, -0.2) is 0 Å². The monoisotopic (exact) mass is 274 g/mol. The second kappa shape index (κ2) is 6.69. The minimum Gasteiger partial charge on any atom is -0.329 e. The number of likely N-dealkylation sites (tertiary alicyclic amines) is 1. The van der Waals surface area contributed by atoms with E-state index in [1.807, 2.05) is 0 Å². The molecule has 2 aliphatic heterocycles. The lowest BCUT2D eigenvalue weighted by atomic mass is 9.92. The molecule has 2 heterocycles. The average Bonchev–Trinajstić information content (AvgIpc) is 2.65. The predicted molar refractivity (Wildman–Crippen MR) is 81.1 cm³/mol. The Morgan fingerprint density at radius 1 is 1.35 bits per heavy atom. The van der Waals surface area contributed by atoms with E-state index in [2.05, 4.69) is 34.7 Å². The van der Waals surface area contributed by atoms with Gasteiger partial charge in [0.25, 0.3) is 0 Å². The van der Waals surface area contributed by atoms with Gasteiger partial charge in [-0.3, -0.25) is 4.90 Å². The SMILES string of the molecule is CSC1CCCN(C2(CN)CCCSC2)CC1. The van der Waals surface area contributed by atoms with Crippen LogP contribution in [0.4, 0.5) is 0 Å². The first kappa shape index (κ1) is 14.0. The molecule has 0 aromatic heterocycles. The fraction of sp³-hybridized carbons (Fsp3) is 1.00. The number of rotatable bonds is 3. The Morgan fingerprint density at radius 2 is 2.24 bits per heavy atom. The van der Waals surface area contributed by atoms with Crippen molar-refractivity contribution >= 4 is 23.5 Å². The molecule has 0 saturated carbocycles. The lowest BCUT2D eigenvalue weighted by molar-refractivity contribution is 0.107. The highest BCUT2D eigenvalue weighted by Crippen LogP contribution is 2.34. The number of hydrogen-bond donors (Lipinski definition) is 1. The summed E-state index contributed by atoms with van der Waals surface area (Å²) < 4.78 is 0. The van der Waals surface area contributed by atoms with Crippen LogP contribution in [0, 0.1) is 0 Å². The van der Waals surface area contributed by atoms with Gasteiger partial charge in [0.2, 0.25) is 0 Å². The van der Waals surface area contributed by atoms with E-state index in [1.54, 1.807) is 0 Å². The zero-order chi connectivity index (χ0) is 12.1. The Hall–Kier alpha value is 0.620. The molecule has 2 unspecified atom stereocenters. The average molecular weight is 274 g/mol. The van der Waals surface area contributed by atoms with Crippen LogP contribution < -0.4 is 5.73 Å². The zero-order valence-electron chi connectivity index (χ0n) is 11.0. The van der Waals surface area contributed by atoms with Gasteiger partial charge in [-0.15, -0.1) is 0 Å². The minimum atomic E-state index is 0.330. The maximum Gasteiger partial charge on any atom is 0.0422 e. The molecule has 2 N–H and O–H groups in total. The standard InChI is InChI=1S/C13H26N2S2/c1-16-12-4-2-7-15(8-5-12)13(10-14)6-3-9-17-11-13/h12H,2-11,14H2,1H3. The molecule has 0 bridgehead atoms. The first-order valence-electron chi connectivity index (χ1n) is 6.86. The molecule has 100 valence electrons. The van der Waals surface area contributed by atoms with Gasteiger partial charge >= 0.3 is 0 Å². The third kappa shape index (κ3) is 3.34. The summed E-state index contributed by atoms with van der Waals surface area (Å²) in [6, 6.07) is 0. The van der Waals surface area contributed by atoms with Gasteiger partial charge in [0.05, 0.1) is 0 Å². The number of hydrogen-bond acceptors (Lipinski definition) is 4. The van der Waals surface area contributed by atoms with E-state index < -0.39 is 0 Å². The van der Waals surface area contributed by atoms with Crippen molar-refractivity contribution in [3.63, 3.8) is 0 Å². The van der Waals surface area contributed by atoms with E-state index in [1.165, 1.54) is 56.7 Å². The molecule has 17 heavy (non-hydrogen) atoms. The summed E-state index contributed by atoms with van der Waals surface area (Å²) in [6.07, 6.45) is 9.04. The summed E-state index contributed by atoms with van der Waals surface area (Å²) in [5.41, 5.74) is 6.46. The molecule has 0 aromatic carbocycles. The summed E-state index contributed by atoms with van der Waals surface area (Å²) in [5, 5.41) is 0.881. The summed E-state index contributed by atoms with van der Waals surface area (Å²) >= 11 is 4.16. The van der Waals surface area contributed by atoms with Crippen LogP contribution in [0.3, 0.4) is 0 Å². The molecular weight excluding hydrogens is 248 g/mol. The van der Waals surface area contributed by atoms with Crippen LogP contribution >= 0.6 is 23.5 Å². The fourth-order valence-corrected chi connectivity index (χ4v) is 5.21. The third-order valence-corrected chi connectivity index (χ3v) is 6.82. The van der Waals surface area contributed by atoms with E-state index in [9.17, 15) is 0 Å². The van der Waals surface area contributed by atoms with Gasteiger partial charge in [0.1, 0.15) is 0 Å². The topological polar surface area (TPSA) is 29.3 Å².